The summed E-state index contributed by atoms with van der Waals surface area (Å²) in [5.41, 5.74) is 4.75. The molecule has 6 nitrogen and oxygen atoms in total. The third-order valence-corrected chi connectivity index (χ3v) is 6.14. The van der Waals surface area contributed by atoms with Crippen molar-refractivity contribution in [1.29, 1.82) is 0 Å². The molecule has 0 bridgehead atoms. The second-order valence-electron chi connectivity index (χ2n) is 7.16. The fraction of sp³-hybridized carbons (Fsp3) is 0.0870. The van der Waals surface area contributed by atoms with E-state index in [1.165, 1.54) is 23.5 Å². The maximum Gasteiger partial charge on any atom is 0.335 e. The van der Waals surface area contributed by atoms with Gasteiger partial charge in [-0.3, -0.25) is 4.79 Å². The van der Waals surface area contributed by atoms with Crippen molar-refractivity contribution >= 4 is 39.4 Å². The Kier molecular flexibility index (Phi) is 4.08. The average molecular weight is 416 g/mol. The second kappa shape index (κ2) is 6.67. The lowest BCUT2D eigenvalue weighted by Crippen LogP contribution is -2.22. The van der Waals surface area contributed by atoms with Gasteiger partial charge in [-0.05, 0) is 61.4 Å². The van der Waals surface area contributed by atoms with E-state index in [9.17, 15) is 9.59 Å². The van der Waals surface area contributed by atoms with Crippen molar-refractivity contribution in [1.82, 2.24) is 9.38 Å². The Balaban J connectivity index is 1.57. The van der Waals surface area contributed by atoms with Crippen LogP contribution in [0.15, 0.2) is 57.7 Å². The first-order valence-electron chi connectivity index (χ1n) is 9.28. The van der Waals surface area contributed by atoms with Crippen molar-refractivity contribution in [3.05, 3.63) is 85.9 Å². The third kappa shape index (κ3) is 2.91. The van der Waals surface area contributed by atoms with Crippen molar-refractivity contribution in [2.24, 2.45) is 0 Å². The molecule has 1 N–H and O–H groups in total. The molecule has 0 fully saturated rings. The molecular formula is C23H16N2O4S. The molecule has 5 rings (SSSR count). The van der Waals surface area contributed by atoms with Gasteiger partial charge in [0.25, 0.3) is 5.56 Å². The molecule has 0 spiro atoms. The quantitative estimate of drug-likeness (QED) is 0.480. The number of hydrogen-bond donors (Lipinski definition) is 1. The minimum absolute atomic E-state index is 0.121. The molecular weight excluding hydrogens is 400 g/mol. The first-order valence-corrected chi connectivity index (χ1v) is 10.1. The van der Waals surface area contributed by atoms with Crippen LogP contribution >= 0.6 is 11.3 Å². The Morgan fingerprint density at radius 3 is 2.57 bits per heavy atom. The van der Waals surface area contributed by atoms with Crippen LogP contribution in [0.2, 0.25) is 0 Å². The number of thiazole rings is 1. The van der Waals surface area contributed by atoms with E-state index in [-0.39, 0.29) is 11.1 Å². The Hall–Kier alpha value is -3.71. The predicted molar refractivity (Wildman–Crippen MR) is 116 cm³/mol. The number of aryl methyl sites for hydroxylation is 2. The Labute approximate surface area is 174 Å². The summed E-state index contributed by atoms with van der Waals surface area (Å²) in [7, 11) is 0. The molecule has 148 valence electrons. The van der Waals surface area contributed by atoms with Crippen LogP contribution in [0, 0.1) is 13.8 Å². The first kappa shape index (κ1) is 18.3. The lowest BCUT2D eigenvalue weighted by molar-refractivity contribution is 0.0697. The molecule has 5 aromatic rings. The number of fused-ring (bicyclic) bond motifs is 3. The van der Waals surface area contributed by atoms with Crippen molar-refractivity contribution in [2.75, 3.05) is 0 Å². The largest absolute Gasteiger partial charge is 0.478 e. The molecule has 0 unspecified atom stereocenters. The summed E-state index contributed by atoms with van der Waals surface area (Å²) < 4.78 is 8.05. The molecule has 2 aromatic carbocycles. The topological polar surface area (TPSA) is 84.8 Å². The normalized spacial score (nSPS) is 12.3. The summed E-state index contributed by atoms with van der Waals surface area (Å²) in [6, 6.07) is 14.0. The first-order chi connectivity index (χ1) is 14.4. The van der Waals surface area contributed by atoms with Crippen LogP contribution in [0.25, 0.3) is 33.4 Å². The van der Waals surface area contributed by atoms with Gasteiger partial charge in [0, 0.05) is 11.6 Å². The Morgan fingerprint density at radius 2 is 1.83 bits per heavy atom. The molecule has 3 heterocycles. The lowest BCUT2D eigenvalue weighted by Gasteiger charge is -1.98. The number of rotatable bonds is 3. The van der Waals surface area contributed by atoms with Crippen molar-refractivity contribution in [3.63, 3.8) is 0 Å². The van der Waals surface area contributed by atoms with E-state index in [1.807, 2.05) is 26.0 Å². The van der Waals surface area contributed by atoms with Gasteiger partial charge in [0.15, 0.2) is 4.96 Å². The fourth-order valence-corrected chi connectivity index (χ4v) is 4.38. The van der Waals surface area contributed by atoms with E-state index in [1.54, 1.807) is 34.7 Å². The zero-order chi connectivity index (χ0) is 21.0. The van der Waals surface area contributed by atoms with E-state index in [0.29, 0.717) is 21.0 Å². The van der Waals surface area contributed by atoms with Gasteiger partial charge >= 0.3 is 5.97 Å². The molecule has 3 aromatic heterocycles. The standard InChI is InChI=1S/C23H16N2O4S/c1-12-9-17-18(10-13(12)2)25-21(26)20(30-23(25)24-17)11-16-7-8-19(29-16)14-3-5-15(6-4-14)22(27)28/h3-11H,1-2H3,(H,27,28). The van der Waals surface area contributed by atoms with Gasteiger partial charge in [0.05, 0.1) is 16.6 Å². The molecule has 0 aliphatic heterocycles. The summed E-state index contributed by atoms with van der Waals surface area (Å²) in [4.78, 5) is 29.2. The van der Waals surface area contributed by atoms with Crippen molar-refractivity contribution in [3.8, 4) is 11.3 Å². The molecule has 0 amide bonds. The smallest absolute Gasteiger partial charge is 0.335 e. The third-order valence-electron chi connectivity index (χ3n) is 5.17. The van der Waals surface area contributed by atoms with E-state index in [2.05, 4.69) is 4.98 Å². The van der Waals surface area contributed by atoms with Crippen LogP contribution in [0.5, 0.6) is 0 Å². The monoisotopic (exact) mass is 416 g/mol. The van der Waals surface area contributed by atoms with Crippen LogP contribution in [-0.4, -0.2) is 20.5 Å². The minimum atomic E-state index is -0.974. The lowest BCUT2D eigenvalue weighted by atomic mass is 10.1. The summed E-state index contributed by atoms with van der Waals surface area (Å²) in [5, 5.41) is 9.01. The van der Waals surface area contributed by atoms with E-state index >= 15 is 0 Å². The summed E-state index contributed by atoms with van der Waals surface area (Å²) in [6.07, 6.45) is 1.71. The highest BCUT2D eigenvalue weighted by Crippen LogP contribution is 2.24. The Morgan fingerprint density at radius 1 is 1.10 bits per heavy atom. The van der Waals surface area contributed by atoms with Crippen LogP contribution in [0.4, 0.5) is 0 Å². The van der Waals surface area contributed by atoms with E-state index in [4.69, 9.17) is 9.52 Å². The minimum Gasteiger partial charge on any atom is -0.478 e. The number of aromatic nitrogens is 2. The highest BCUT2D eigenvalue weighted by atomic mass is 32.1. The number of aromatic carboxylic acids is 1. The summed E-state index contributed by atoms with van der Waals surface area (Å²) >= 11 is 1.32. The van der Waals surface area contributed by atoms with Gasteiger partial charge < -0.3 is 9.52 Å². The number of imidazole rings is 1. The Bertz CT molecular complexity index is 1560. The molecule has 30 heavy (non-hydrogen) atoms. The molecule has 0 aliphatic rings. The van der Waals surface area contributed by atoms with Gasteiger partial charge in [-0.15, -0.1) is 0 Å². The number of carboxylic acids is 1. The summed E-state index contributed by atoms with van der Waals surface area (Å²) in [6.45, 7) is 4.05. The zero-order valence-electron chi connectivity index (χ0n) is 16.2. The van der Waals surface area contributed by atoms with Gasteiger partial charge in [0.2, 0.25) is 0 Å². The number of nitrogens with zero attached hydrogens (tertiary/aromatic N) is 2. The molecule has 7 heteroatoms. The van der Waals surface area contributed by atoms with E-state index in [0.717, 1.165) is 27.7 Å². The fourth-order valence-electron chi connectivity index (χ4n) is 3.41. The highest BCUT2D eigenvalue weighted by molar-refractivity contribution is 7.15. The number of benzene rings is 2. The molecule has 0 atom stereocenters. The molecule has 0 saturated heterocycles. The van der Waals surface area contributed by atoms with Crippen LogP contribution < -0.4 is 10.1 Å². The van der Waals surface area contributed by atoms with E-state index < -0.39 is 5.97 Å². The van der Waals surface area contributed by atoms with Gasteiger partial charge in [0.1, 0.15) is 16.1 Å². The average Bonchev–Trinajstić information content (AvgIpc) is 3.39. The maximum atomic E-state index is 13.0. The molecule has 0 saturated carbocycles. The molecule has 0 aliphatic carbocycles. The van der Waals surface area contributed by atoms with Crippen molar-refractivity contribution in [2.45, 2.75) is 13.8 Å². The summed E-state index contributed by atoms with van der Waals surface area (Å²) in [5.74, 6) is 0.173. The van der Waals surface area contributed by atoms with Gasteiger partial charge in [-0.2, -0.15) is 0 Å². The van der Waals surface area contributed by atoms with Gasteiger partial charge in [-0.1, -0.05) is 23.5 Å². The second-order valence-corrected chi connectivity index (χ2v) is 8.16. The zero-order valence-corrected chi connectivity index (χ0v) is 17.0. The van der Waals surface area contributed by atoms with Gasteiger partial charge in [-0.25, -0.2) is 14.2 Å². The number of furan rings is 1. The SMILES string of the molecule is Cc1cc2nc3sc(=Cc4ccc(-c5ccc(C(=O)O)cc5)o4)c(=O)n3c2cc1C. The van der Waals surface area contributed by atoms with Crippen LogP contribution in [0.1, 0.15) is 27.2 Å². The number of carboxylic acid groups (broad SMARTS) is 1. The van der Waals surface area contributed by atoms with Crippen molar-refractivity contribution < 1.29 is 14.3 Å². The van der Waals surface area contributed by atoms with Crippen LogP contribution in [0.3, 0.4) is 0 Å². The highest BCUT2D eigenvalue weighted by Gasteiger charge is 2.13. The van der Waals surface area contributed by atoms with Crippen LogP contribution in [-0.2, 0) is 0 Å². The maximum absolute atomic E-state index is 13.0. The predicted octanol–water partition coefficient (Wildman–Crippen LogP) is 4.03. The number of carbonyl (C=O) groups is 1. The molecule has 0 radical (unpaired) electrons. The number of hydrogen-bond acceptors (Lipinski definition) is 5.